The Morgan fingerprint density at radius 3 is 3.00 bits per heavy atom. The molecule has 0 aromatic heterocycles. The van der Waals surface area contributed by atoms with Gasteiger partial charge in [-0.1, -0.05) is 0 Å². The lowest BCUT2D eigenvalue weighted by molar-refractivity contribution is 0.0959. The van der Waals surface area contributed by atoms with Gasteiger partial charge in [0.25, 0.3) is 0 Å². The van der Waals surface area contributed by atoms with E-state index in [0.29, 0.717) is 17.1 Å². The van der Waals surface area contributed by atoms with E-state index in [4.69, 9.17) is 9.47 Å². The number of halogens is 1. The Bertz CT molecular complexity index is 373. The number of ether oxygens (including phenoxy) is 2. The summed E-state index contributed by atoms with van der Waals surface area (Å²) in [6.07, 6.45) is 0. The predicted octanol–water partition coefficient (Wildman–Crippen LogP) is 2.03. The minimum Gasteiger partial charge on any atom is -0.496 e. The van der Waals surface area contributed by atoms with E-state index in [1.165, 1.54) is 7.11 Å². The molecule has 0 spiro atoms. The SMILES string of the molecule is COc1ccc(Br)c2c1C(=O)CO2. The van der Waals surface area contributed by atoms with Crippen molar-refractivity contribution >= 4 is 21.7 Å². The number of Topliss-reactive ketones (excluding diaryl/α,β-unsaturated/α-hetero) is 1. The Labute approximate surface area is 83.8 Å². The molecule has 3 nitrogen and oxygen atoms in total. The van der Waals surface area contributed by atoms with Gasteiger partial charge in [-0.05, 0) is 28.1 Å². The zero-order valence-electron chi connectivity index (χ0n) is 6.96. The smallest absolute Gasteiger partial charge is 0.207 e. The molecule has 0 bridgehead atoms. The van der Waals surface area contributed by atoms with Gasteiger partial charge in [-0.2, -0.15) is 0 Å². The number of hydrogen-bond acceptors (Lipinski definition) is 3. The van der Waals surface area contributed by atoms with Crippen LogP contribution in [0.1, 0.15) is 10.4 Å². The fraction of sp³-hybridized carbons (Fsp3) is 0.222. The van der Waals surface area contributed by atoms with Crippen molar-refractivity contribution in [2.45, 2.75) is 0 Å². The molecular formula is C9H7BrO3. The third kappa shape index (κ3) is 1.21. The van der Waals surface area contributed by atoms with Gasteiger partial charge in [-0.25, -0.2) is 0 Å². The minimum absolute atomic E-state index is 0.0341. The van der Waals surface area contributed by atoms with Gasteiger partial charge in [0.1, 0.15) is 17.1 Å². The molecule has 1 aliphatic heterocycles. The van der Waals surface area contributed by atoms with Gasteiger partial charge in [-0.15, -0.1) is 0 Å². The lowest BCUT2D eigenvalue weighted by Crippen LogP contribution is -2.00. The summed E-state index contributed by atoms with van der Waals surface area (Å²) >= 11 is 3.31. The highest BCUT2D eigenvalue weighted by atomic mass is 79.9. The number of hydrogen-bond donors (Lipinski definition) is 0. The summed E-state index contributed by atoms with van der Waals surface area (Å²) in [5.74, 6) is 1.12. The second-order valence-electron chi connectivity index (χ2n) is 2.67. The van der Waals surface area contributed by atoms with Crippen LogP contribution in [0.4, 0.5) is 0 Å². The molecule has 0 radical (unpaired) electrons. The van der Waals surface area contributed by atoms with Crippen molar-refractivity contribution in [2.24, 2.45) is 0 Å². The highest BCUT2D eigenvalue weighted by Gasteiger charge is 2.27. The average molecular weight is 243 g/mol. The Morgan fingerprint density at radius 1 is 1.54 bits per heavy atom. The maximum Gasteiger partial charge on any atom is 0.207 e. The van der Waals surface area contributed by atoms with Crippen LogP contribution in [0.25, 0.3) is 0 Å². The summed E-state index contributed by atoms with van der Waals surface area (Å²) in [4.78, 5) is 11.4. The van der Waals surface area contributed by atoms with Crippen molar-refractivity contribution in [2.75, 3.05) is 13.7 Å². The van der Waals surface area contributed by atoms with Crippen LogP contribution in [-0.4, -0.2) is 19.5 Å². The fourth-order valence-corrected chi connectivity index (χ4v) is 1.77. The number of ketones is 1. The van der Waals surface area contributed by atoms with E-state index in [0.717, 1.165) is 4.47 Å². The number of carbonyl (C=O) groups is 1. The highest BCUT2D eigenvalue weighted by molar-refractivity contribution is 9.10. The normalized spacial score (nSPS) is 13.8. The molecule has 68 valence electrons. The zero-order valence-corrected chi connectivity index (χ0v) is 8.55. The van der Waals surface area contributed by atoms with Crippen molar-refractivity contribution in [3.05, 3.63) is 22.2 Å². The number of rotatable bonds is 1. The van der Waals surface area contributed by atoms with E-state index in [2.05, 4.69) is 15.9 Å². The van der Waals surface area contributed by atoms with Crippen LogP contribution in [0.2, 0.25) is 0 Å². The molecule has 13 heavy (non-hydrogen) atoms. The van der Waals surface area contributed by atoms with Gasteiger partial charge < -0.3 is 9.47 Å². The van der Waals surface area contributed by atoms with Crippen LogP contribution in [0.15, 0.2) is 16.6 Å². The second-order valence-corrected chi connectivity index (χ2v) is 3.52. The third-order valence-corrected chi connectivity index (χ3v) is 2.54. The van der Waals surface area contributed by atoms with E-state index >= 15 is 0 Å². The molecule has 0 aliphatic carbocycles. The zero-order chi connectivity index (χ0) is 9.42. The van der Waals surface area contributed by atoms with Gasteiger partial charge in [0, 0.05) is 0 Å². The lowest BCUT2D eigenvalue weighted by Gasteiger charge is -2.05. The van der Waals surface area contributed by atoms with Crippen molar-refractivity contribution in [3.8, 4) is 11.5 Å². The van der Waals surface area contributed by atoms with Crippen molar-refractivity contribution in [1.82, 2.24) is 0 Å². The van der Waals surface area contributed by atoms with Gasteiger partial charge in [0.05, 0.1) is 11.6 Å². The van der Waals surface area contributed by atoms with Gasteiger partial charge in [-0.3, -0.25) is 4.79 Å². The molecule has 0 N–H and O–H groups in total. The fourth-order valence-electron chi connectivity index (χ4n) is 1.32. The Balaban J connectivity index is 2.66. The molecule has 1 aromatic rings. The van der Waals surface area contributed by atoms with E-state index in [-0.39, 0.29) is 12.4 Å². The molecule has 0 fully saturated rings. The van der Waals surface area contributed by atoms with Gasteiger partial charge in [0.15, 0.2) is 6.61 Å². The summed E-state index contributed by atoms with van der Waals surface area (Å²) in [7, 11) is 1.54. The van der Waals surface area contributed by atoms with Crippen molar-refractivity contribution < 1.29 is 14.3 Å². The molecule has 0 saturated heterocycles. The first kappa shape index (κ1) is 8.56. The van der Waals surface area contributed by atoms with Crippen LogP contribution in [-0.2, 0) is 0 Å². The van der Waals surface area contributed by atoms with E-state index in [1.807, 2.05) is 0 Å². The number of methoxy groups -OCH3 is 1. The predicted molar refractivity (Wildman–Crippen MR) is 50.5 cm³/mol. The van der Waals surface area contributed by atoms with Crippen LogP contribution >= 0.6 is 15.9 Å². The molecule has 0 saturated carbocycles. The summed E-state index contributed by atoms with van der Waals surface area (Å²) < 4.78 is 11.1. The molecule has 0 amide bonds. The molecule has 1 heterocycles. The summed E-state index contributed by atoms with van der Waals surface area (Å²) in [6, 6.07) is 3.55. The first-order valence-corrected chi connectivity index (χ1v) is 4.56. The highest BCUT2D eigenvalue weighted by Crippen LogP contribution is 2.39. The topological polar surface area (TPSA) is 35.5 Å². The Morgan fingerprint density at radius 2 is 2.31 bits per heavy atom. The maximum atomic E-state index is 11.4. The monoisotopic (exact) mass is 242 g/mol. The second kappa shape index (κ2) is 3.03. The molecule has 1 aromatic carbocycles. The summed E-state index contributed by atoms with van der Waals surface area (Å²) in [5, 5.41) is 0. The van der Waals surface area contributed by atoms with Crippen LogP contribution in [0, 0.1) is 0 Å². The van der Waals surface area contributed by atoms with Crippen molar-refractivity contribution in [3.63, 3.8) is 0 Å². The van der Waals surface area contributed by atoms with Crippen LogP contribution < -0.4 is 9.47 Å². The minimum atomic E-state index is -0.0341. The van der Waals surface area contributed by atoms with E-state index < -0.39 is 0 Å². The lowest BCUT2D eigenvalue weighted by atomic mass is 10.1. The van der Waals surface area contributed by atoms with Crippen molar-refractivity contribution in [1.29, 1.82) is 0 Å². The van der Waals surface area contributed by atoms with E-state index in [9.17, 15) is 4.79 Å². The quantitative estimate of drug-likeness (QED) is 0.757. The Hall–Kier alpha value is -1.03. The van der Waals surface area contributed by atoms with Crippen LogP contribution in [0.3, 0.4) is 0 Å². The summed E-state index contributed by atoms with van der Waals surface area (Å²) in [6.45, 7) is 0.105. The molecule has 1 aliphatic rings. The molecular weight excluding hydrogens is 236 g/mol. The van der Waals surface area contributed by atoms with E-state index in [1.54, 1.807) is 12.1 Å². The maximum absolute atomic E-state index is 11.4. The third-order valence-electron chi connectivity index (χ3n) is 1.92. The summed E-state index contributed by atoms with van der Waals surface area (Å²) in [5.41, 5.74) is 0.539. The standard InChI is InChI=1S/C9H7BrO3/c1-12-7-3-2-5(10)9-8(7)6(11)4-13-9/h2-3H,4H2,1H3. The Kier molecular flexibility index (Phi) is 2.00. The molecule has 4 heteroatoms. The molecule has 0 atom stereocenters. The molecule has 2 rings (SSSR count). The first-order valence-electron chi connectivity index (χ1n) is 3.76. The average Bonchev–Trinajstić information content (AvgIpc) is 2.51. The van der Waals surface area contributed by atoms with Gasteiger partial charge >= 0.3 is 0 Å². The number of fused-ring (bicyclic) bond motifs is 1. The number of carbonyl (C=O) groups excluding carboxylic acids is 1. The number of benzene rings is 1. The van der Waals surface area contributed by atoms with Gasteiger partial charge in [0.2, 0.25) is 5.78 Å². The first-order chi connectivity index (χ1) is 6.24. The van der Waals surface area contributed by atoms with Crippen LogP contribution in [0.5, 0.6) is 11.5 Å². The molecule has 0 unspecified atom stereocenters. The largest absolute Gasteiger partial charge is 0.496 e.